The molecule has 24 heavy (non-hydrogen) atoms. The Morgan fingerprint density at radius 2 is 2.00 bits per heavy atom. The number of carbonyl (C=O) groups excluding carboxylic acids is 1. The molecule has 5 heteroatoms. The number of aromatic nitrogens is 2. The molecule has 5 nitrogen and oxygen atoms in total. The average Bonchev–Trinajstić information content (AvgIpc) is 3.30. The molecule has 0 aliphatic heterocycles. The average molecular weight is 327 g/mol. The van der Waals surface area contributed by atoms with Crippen LogP contribution in [0.5, 0.6) is 0 Å². The number of nitrogens with one attached hydrogen (secondary N) is 1. The van der Waals surface area contributed by atoms with Crippen LogP contribution >= 0.6 is 0 Å². The topological polar surface area (TPSA) is 67.2 Å². The lowest BCUT2D eigenvalue weighted by atomic mass is 10.0. The van der Waals surface area contributed by atoms with Gasteiger partial charge in [-0.05, 0) is 37.3 Å². The zero-order chi connectivity index (χ0) is 16.8. The van der Waals surface area contributed by atoms with Gasteiger partial charge in [0.05, 0.1) is 12.1 Å². The Kier molecular flexibility index (Phi) is 5.64. The zero-order valence-corrected chi connectivity index (χ0v) is 13.9. The normalized spacial score (nSPS) is 16.2. The number of rotatable bonds is 7. The van der Waals surface area contributed by atoms with Crippen molar-refractivity contribution in [2.75, 3.05) is 6.61 Å². The van der Waals surface area contributed by atoms with E-state index in [0.717, 1.165) is 18.4 Å². The van der Waals surface area contributed by atoms with E-state index in [0.29, 0.717) is 24.6 Å². The van der Waals surface area contributed by atoms with Gasteiger partial charge >= 0.3 is 0 Å². The van der Waals surface area contributed by atoms with Gasteiger partial charge in [0.2, 0.25) is 0 Å². The summed E-state index contributed by atoms with van der Waals surface area (Å²) in [4.78, 5) is 12.6. The first-order valence-electron chi connectivity index (χ1n) is 8.80. The van der Waals surface area contributed by atoms with Crippen molar-refractivity contribution in [2.24, 2.45) is 0 Å². The number of aliphatic hydroxyl groups is 1. The lowest BCUT2D eigenvalue weighted by molar-refractivity contribution is 0.0926. The molecule has 3 rings (SSSR count). The zero-order valence-electron chi connectivity index (χ0n) is 13.9. The van der Waals surface area contributed by atoms with Crippen LogP contribution in [0.15, 0.2) is 42.6 Å². The summed E-state index contributed by atoms with van der Waals surface area (Å²) < 4.78 is 1.94. The largest absolute Gasteiger partial charge is 0.396 e. The molecule has 1 saturated carbocycles. The van der Waals surface area contributed by atoms with Gasteiger partial charge in [0, 0.05) is 12.8 Å². The Labute approximate surface area is 142 Å². The van der Waals surface area contributed by atoms with Crippen LogP contribution in [0.25, 0.3) is 0 Å². The minimum atomic E-state index is -0.154. The van der Waals surface area contributed by atoms with Crippen LogP contribution in [0.4, 0.5) is 0 Å². The molecule has 1 aliphatic rings. The minimum absolute atomic E-state index is 0.109. The molecule has 1 atom stereocenters. The van der Waals surface area contributed by atoms with Gasteiger partial charge in [-0.3, -0.25) is 9.48 Å². The first kappa shape index (κ1) is 16.7. The van der Waals surface area contributed by atoms with Crippen LogP contribution in [-0.4, -0.2) is 27.4 Å². The highest BCUT2D eigenvalue weighted by molar-refractivity contribution is 5.92. The molecule has 2 aromatic rings. The highest BCUT2D eigenvalue weighted by atomic mass is 16.3. The first-order chi connectivity index (χ1) is 11.8. The summed E-state index contributed by atoms with van der Waals surface area (Å²) in [6.07, 6.45) is 8.03. The SMILES string of the molecule is O=C(NC(CCCO)c1ccccc1)c1ccn(C2CCCC2)n1. The van der Waals surface area contributed by atoms with Crippen LogP contribution in [0.1, 0.15) is 66.7 Å². The second-order valence-corrected chi connectivity index (χ2v) is 6.42. The third-order valence-electron chi connectivity index (χ3n) is 4.70. The summed E-state index contributed by atoms with van der Waals surface area (Å²) in [5.41, 5.74) is 1.52. The Bertz CT molecular complexity index is 648. The van der Waals surface area contributed by atoms with E-state index >= 15 is 0 Å². The van der Waals surface area contributed by atoms with Gasteiger partial charge in [-0.25, -0.2) is 0 Å². The van der Waals surface area contributed by atoms with Crippen molar-refractivity contribution in [3.05, 3.63) is 53.9 Å². The third kappa shape index (κ3) is 4.03. The second kappa shape index (κ2) is 8.11. The Balaban J connectivity index is 1.68. The van der Waals surface area contributed by atoms with Crippen molar-refractivity contribution < 1.29 is 9.90 Å². The molecular weight excluding hydrogens is 302 g/mol. The summed E-state index contributed by atoms with van der Waals surface area (Å²) in [6, 6.07) is 12.0. The predicted molar refractivity (Wildman–Crippen MR) is 92.7 cm³/mol. The highest BCUT2D eigenvalue weighted by Gasteiger charge is 2.21. The van der Waals surface area contributed by atoms with Crippen LogP contribution in [0, 0.1) is 0 Å². The fourth-order valence-electron chi connectivity index (χ4n) is 3.37. The predicted octanol–water partition coefficient (Wildman–Crippen LogP) is 3.24. The lowest BCUT2D eigenvalue weighted by Crippen LogP contribution is -2.29. The van der Waals surface area contributed by atoms with Crippen LogP contribution in [0.2, 0.25) is 0 Å². The van der Waals surface area contributed by atoms with E-state index in [1.165, 1.54) is 12.8 Å². The van der Waals surface area contributed by atoms with E-state index in [2.05, 4.69) is 10.4 Å². The maximum atomic E-state index is 12.6. The molecule has 0 spiro atoms. The van der Waals surface area contributed by atoms with Gasteiger partial charge in [0.25, 0.3) is 5.91 Å². The van der Waals surface area contributed by atoms with E-state index < -0.39 is 0 Å². The van der Waals surface area contributed by atoms with E-state index in [9.17, 15) is 4.79 Å². The standard InChI is InChI=1S/C19H25N3O2/c23-14-6-11-17(15-7-2-1-3-8-15)20-19(24)18-12-13-22(21-18)16-9-4-5-10-16/h1-3,7-8,12-13,16-17,23H,4-6,9-11,14H2,(H,20,24). The van der Waals surface area contributed by atoms with Gasteiger partial charge in [-0.2, -0.15) is 5.10 Å². The summed E-state index contributed by atoms with van der Waals surface area (Å²) in [5, 5.41) is 16.6. The monoisotopic (exact) mass is 327 g/mol. The van der Waals surface area contributed by atoms with Crippen LogP contribution in [-0.2, 0) is 0 Å². The van der Waals surface area contributed by atoms with Crippen molar-refractivity contribution in [2.45, 2.75) is 50.6 Å². The first-order valence-corrected chi connectivity index (χ1v) is 8.80. The molecule has 0 radical (unpaired) electrons. The van der Waals surface area contributed by atoms with Gasteiger partial charge in [-0.15, -0.1) is 0 Å². The molecule has 1 aliphatic carbocycles. The molecule has 128 valence electrons. The molecular formula is C19H25N3O2. The van der Waals surface area contributed by atoms with Crippen LogP contribution < -0.4 is 5.32 Å². The number of carbonyl (C=O) groups is 1. The van der Waals surface area contributed by atoms with Gasteiger partial charge in [-0.1, -0.05) is 43.2 Å². The Hall–Kier alpha value is -2.14. The molecule has 1 aromatic heterocycles. The summed E-state index contributed by atoms with van der Waals surface area (Å²) in [5.74, 6) is -0.154. The summed E-state index contributed by atoms with van der Waals surface area (Å²) in [6.45, 7) is 0.121. The number of amides is 1. The van der Waals surface area contributed by atoms with Crippen molar-refractivity contribution in [3.63, 3.8) is 0 Å². The second-order valence-electron chi connectivity index (χ2n) is 6.42. The van der Waals surface area contributed by atoms with E-state index in [1.807, 2.05) is 41.2 Å². The van der Waals surface area contributed by atoms with E-state index in [1.54, 1.807) is 6.07 Å². The van der Waals surface area contributed by atoms with Crippen molar-refractivity contribution in [1.29, 1.82) is 0 Å². The maximum Gasteiger partial charge on any atom is 0.272 e. The van der Waals surface area contributed by atoms with E-state index in [-0.39, 0.29) is 18.6 Å². The number of benzene rings is 1. The number of nitrogens with zero attached hydrogens (tertiary/aromatic N) is 2. The van der Waals surface area contributed by atoms with Gasteiger partial charge in [0.15, 0.2) is 0 Å². The molecule has 1 unspecified atom stereocenters. The Morgan fingerprint density at radius 3 is 2.71 bits per heavy atom. The fraction of sp³-hybridized carbons (Fsp3) is 0.474. The molecule has 1 amide bonds. The number of hydrogen-bond donors (Lipinski definition) is 2. The van der Waals surface area contributed by atoms with E-state index in [4.69, 9.17) is 5.11 Å². The Morgan fingerprint density at radius 1 is 1.25 bits per heavy atom. The molecule has 0 saturated heterocycles. The lowest BCUT2D eigenvalue weighted by Gasteiger charge is -2.18. The maximum absolute atomic E-state index is 12.6. The molecule has 1 aromatic carbocycles. The third-order valence-corrected chi connectivity index (χ3v) is 4.70. The van der Waals surface area contributed by atoms with Gasteiger partial charge in [0.1, 0.15) is 5.69 Å². The summed E-state index contributed by atoms with van der Waals surface area (Å²) in [7, 11) is 0. The molecule has 0 bridgehead atoms. The fourth-order valence-corrected chi connectivity index (χ4v) is 3.37. The molecule has 1 fully saturated rings. The number of aliphatic hydroxyl groups excluding tert-OH is 1. The van der Waals surface area contributed by atoms with Crippen LogP contribution in [0.3, 0.4) is 0 Å². The molecule has 2 N–H and O–H groups in total. The van der Waals surface area contributed by atoms with Crippen molar-refractivity contribution in [1.82, 2.24) is 15.1 Å². The van der Waals surface area contributed by atoms with Gasteiger partial charge < -0.3 is 10.4 Å². The summed E-state index contributed by atoms with van der Waals surface area (Å²) >= 11 is 0. The number of hydrogen-bond acceptors (Lipinski definition) is 3. The van der Waals surface area contributed by atoms with Crippen molar-refractivity contribution in [3.8, 4) is 0 Å². The minimum Gasteiger partial charge on any atom is -0.396 e. The highest BCUT2D eigenvalue weighted by Crippen LogP contribution is 2.28. The molecule has 1 heterocycles. The quantitative estimate of drug-likeness (QED) is 0.820. The van der Waals surface area contributed by atoms with Crippen molar-refractivity contribution >= 4 is 5.91 Å². The smallest absolute Gasteiger partial charge is 0.272 e.